The molecule has 0 spiro atoms. The number of benzene rings is 1. The molecule has 23 heavy (non-hydrogen) atoms. The van der Waals surface area contributed by atoms with Crippen molar-refractivity contribution in [1.82, 2.24) is 0 Å². The van der Waals surface area contributed by atoms with Crippen LogP contribution in [0.5, 0.6) is 11.5 Å². The Morgan fingerprint density at radius 1 is 1.26 bits per heavy atom. The molecule has 2 N–H and O–H groups in total. The molecule has 0 atom stereocenters. The average molecular weight is 315 g/mol. The topological polar surface area (TPSA) is 53.3 Å². The summed E-state index contributed by atoms with van der Waals surface area (Å²) in [4.78, 5) is 0. The van der Waals surface area contributed by atoms with Crippen LogP contribution in [0.2, 0.25) is 0 Å². The van der Waals surface area contributed by atoms with Crippen molar-refractivity contribution in [2.45, 2.75) is 58.3 Å². The number of phenolic OH excluding ortho intramolecular Hbond substituents is 1. The number of rotatable bonds is 9. The highest BCUT2D eigenvalue weighted by molar-refractivity contribution is 5.83. The summed E-state index contributed by atoms with van der Waals surface area (Å²) in [7, 11) is 0. The number of unbranched alkanes of at least 4 members (excludes halogenated alkanes) is 3. The summed E-state index contributed by atoms with van der Waals surface area (Å²) in [6.07, 6.45) is 8.25. The van der Waals surface area contributed by atoms with Crippen LogP contribution in [0.4, 0.5) is 0 Å². The van der Waals surface area contributed by atoms with Gasteiger partial charge in [-0.2, -0.15) is 0 Å². The first-order chi connectivity index (χ1) is 10.8. The number of phenols is 1. The minimum absolute atomic E-state index is 0.148. The molecule has 126 valence electrons. The number of ether oxygens (including phenoxy) is 1. The van der Waals surface area contributed by atoms with Gasteiger partial charge in [-0.1, -0.05) is 39.8 Å². The van der Waals surface area contributed by atoms with E-state index in [0.717, 1.165) is 43.9 Å². The van der Waals surface area contributed by atoms with Gasteiger partial charge in [-0.05, 0) is 36.8 Å². The lowest BCUT2D eigenvalue weighted by molar-refractivity contribution is 0.392. The zero-order valence-corrected chi connectivity index (χ0v) is 14.6. The fraction of sp³-hybridized carbons (Fsp3) is 0.450. The maximum atomic E-state index is 10.3. The Balaban J connectivity index is 2.78. The molecule has 0 aliphatic rings. The first kappa shape index (κ1) is 19.0. The second-order valence-corrected chi connectivity index (χ2v) is 6.83. The number of nitrogens with one attached hydrogen (secondary N) is 1. The van der Waals surface area contributed by atoms with Crippen molar-refractivity contribution in [2.24, 2.45) is 0 Å². The average Bonchev–Trinajstić information content (AvgIpc) is 2.47. The maximum Gasteiger partial charge on any atom is 0.128 e. The summed E-state index contributed by atoms with van der Waals surface area (Å²) in [5.74, 6) is 1.49. The molecular weight excluding hydrogens is 286 g/mol. The van der Waals surface area contributed by atoms with E-state index in [1.54, 1.807) is 6.07 Å². The van der Waals surface area contributed by atoms with Gasteiger partial charge in [-0.3, -0.25) is 0 Å². The van der Waals surface area contributed by atoms with E-state index in [9.17, 15) is 5.11 Å². The lowest BCUT2D eigenvalue weighted by Gasteiger charge is -2.22. The highest BCUT2D eigenvalue weighted by Gasteiger charge is 2.21. The summed E-state index contributed by atoms with van der Waals surface area (Å²) >= 11 is 0. The number of allylic oxidation sites excluding steroid dienone is 2. The molecule has 1 aromatic carbocycles. The fourth-order valence-corrected chi connectivity index (χ4v) is 2.38. The van der Waals surface area contributed by atoms with Gasteiger partial charge in [-0.15, -0.1) is 6.58 Å². The van der Waals surface area contributed by atoms with Crippen molar-refractivity contribution in [3.8, 4) is 11.5 Å². The Morgan fingerprint density at radius 3 is 2.52 bits per heavy atom. The van der Waals surface area contributed by atoms with Gasteiger partial charge in [0, 0.05) is 23.8 Å². The molecule has 0 aliphatic heterocycles. The van der Waals surface area contributed by atoms with Crippen LogP contribution >= 0.6 is 0 Å². The predicted octanol–water partition coefficient (Wildman–Crippen LogP) is 5.72. The van der Waals surface area contributed by atoms with E-state index in [4.69, 9.17) is 10.1 Å². The first-order valence-electron chi connectivity index (χ1n) is 8.14. The molecular formula is C20H29NO2. The molecule has 0 unspecified atom stereocenters. The van der Waals surface area contributed by atoms with Crippen LogP contribution in [0.25, 0.3) is 0 Å². The van der Waals surface area contributed by atoms with Gasteiger partial charge in [0.1, 0.15) is 11.5 Å². The summed E-state index contributed by atoms with van der Waals surface area (Å²) in [5.41, 5.74) is 1.01. The third kappa shape index (κ3) is 5.93. The minimum Gasteiger partial charge on any atom is -0.507 e. The van der Waals surface area contributed by atoms with Gasteiger partial charge in [0.2, 0.25) is 0 Å². The second kappa shape index (κ2) is 8.56. The van der Waals surface area contributed by atoms with E-state index >= 15 is 0 Å². The Hall–Kier alpha value is -2.03. The molecule has 3 heteroatoms. The maximum absolute atomic E-state index is 10.3. The number of hydrogen-bond donors (Lipinski definition) is 2. The lowest BCUT2D eigenvalue weighted by atomic mass is 9.85. The molecule has 0 aromatic heterocycles. The molecule has 0 aliphatic carbocycles. The van der Waals surface area contributed by atoms with Crippen molar-refractivity contribution < 1.29 is 9.84 Å². The van der Waals surface area contributed by atoms with Crippen LogP contribution < -0.4 is 4.74 Å². The largest absolute Gasteiger partial charge is 0.507 e. The van der Waals surface area contributed by atoms with E-state index in [1.807, 2.05) is 32.9 Å². The van der Waals surface area contributed by atoms with E-state index in [1.165, 1.54) is 0 Å². The van der Waals surface area contributed by atoms with Gasteiger partial charge >= 0.3 is 0 Å². The monoisotopic (exact) mass is 315 g/mol. The Labute approximate surface area is 140 Å². The molecule has 3 nitrogen and oxygen atoms in total. The molecule has 0 heterocycles. The standard InChI is InChI=1S/C20H29NO2/c1-6-7-8-9-10-11-15(2)23-17-12-16(14-21)19(22)18(13-17)20(3,4)5/h6,12-14,21-22H,1-2,7-11H2,3-5H3. The molecule has 0 radical (unpaired) electrons. The molecule has 0 saturated heterocycles. The molecule has 0 saturated carbocycles. The van der Waals surface area contributed by atoms with Crippen molar-refractivity contribution in [1.29, 1.82) is 5.41 Å². The van der Waals surface area contributed by atoms with E-state index in [2.05, 4.69) is 13.2 Å². The van der Waals surface area contributed by atoms with Gasteiger partial charge in [0.15, 0.2) is 0 Å². The molecule has 0 amide bonds. The SMILES string of the molecule is C=CCCCCCC(=C)Oc1cc(C=N)c(O)c(C(C)(C)C)c1. The minimum atomic E-state index is -0.229. The lowest BCUT2D eigenvalue weighted by Crippen LogP contribution is -2.12. The molecule has 1 rings (SSSR count). The van der Waals surface area contributed by atoms with Gasteiger partial charge in [0.05, 0.1) is 5.76 Å². The number of hydrogen-bond acceptors (Lipinski definition) is 3. The smallest absolute Gasteiger partial charge is 0.128 e. The highest BCUT2D eigenvalue weighted by atomic mass is 16.5. The normalized spacial score (nSPS) is 11.1. The quantitative estimate of drug-likeness (QED) is 0.265. The molecule has 0 fully saturated rings. The first-order valence-corrected chi connectivity index (χ1v) is 8.14. The van der Waals surface area contributed by atoms with E-state index in [0.29, 0.717) is 17.1 Å². The predicted molar refractivity (Wildman–Crippen MR) is 97.7 cm³/mol. The molecule has 0 bridgehead atoms. The van der Waals surface area contributed by atoms with Crippen molar-refractivity contribution in [2.75, 3.05) is 0 Å². The second-order valence-electron chi connectivity index (χ2n) is 6.83. The Morgan fingerprint density at radius 2 is 1.96 bits per heavy atom. The number of aromatic hydroxyl groups is 1. The van der Waals surface area contributed by atoms with Gasteiger partial charge in [0.25, 0.3) is 0 Å². The van der Waals surface area contributed by atoms with Gasteiger partial charge in [-0.25, -0.2) is 0 Å². The van der Waals surface area contributed by atoms with Crippen LogP contribution in [-0.2, 0) is 5.41 Å². The van der Waals surface area contributed by atoms with Gasteiger partial charge < -0.3 is 15.3 Å². The van der Waals surface area contributed by atoms with E-state index in [-0.39, 0.29) is 11.2 Å². The van der Waals surface area contributed by atoms with Crippen molar-refractivity contribution in [3.05, 3.63) is 48.3 Å². The summed E-state index contributed by atoms with van der Waals surface area (Å²) in [5, 5.41) is 17.7. The fourth-order valence-electron chi connectivity index (χ4n) is 2.38. The third-order valence-corrected chi connectivity index (χ3v) is 3.70. The zero-order valence-electron chi connectivity index (χ0n) is 14.6. The van der Waals surface area contributed by atoms with Crippen LogP contribution in [0.3, 0.4) is 0 Å². The van der Waals surface area contributed by atoms with Crippen LogP contribution in [0.15, 0.2) is 37.1 Å². The van der Waals surface area contributed by atoms with Crippen LogP contribution in [-0.4, -0.2) is 11.3 Å². The Kier molecular flexibility index (Phi) is 7.08. The summed E-state index contributed by atoms with van der Waals surface area (Å²) in [6, 6.07) is 3.52. The zero-order chi connectivity index (χ0) is 17.5. The van der Waals surface area contributed by atoms with Crippen molar-refractivity contribution >= 4 is 6.21 Å². The highest BCUT2D eigenvalue weighted by Crippen LogP contribution is 2.36. The Bertz CT molecular complexity index is 568. The van der Waals surface area contributed by atoms with Crippen molar-refractivity contribution in [3.63, 3.8) is 0 Å². The van der Waals surface area contributed by atoms with E-state index < -0.39 is 0 Å². The van der Waals surface area contributed by atoms with Crippen LogP contribution in [0.1, 0.15) is 64.0 Å². The summed E-state index contributed by atoms with van der Waals surface area (Å²) in [6.45, 7) is 13.8. The molecule has 1 aromatic rings. The van der Waals surface area contributed by atoms with Crippen LogP contribution in [0, 0.1) is 5.41 Å². The third-order valence-electron chi connectivity index (χ3n) is 3.70. The summed E-state index contributed by atoms with van der Waals surface area (Å²) < 4.78 is 5.83.